The highest BCUT2D eigenvalue weighted by Gasteiger charge is 2.11. The van der Waals surface area contributed by atoms with Crippen molar-refractivity contribution in [1.29, 1.82) is 0 Å². The smallest absolute Gasteiger partial charge is 0.185 e. The number of hydrogen-bond donors (Lipinski definition) is 0. The lowest BCUT2D eigenvalue weighted by Gasteiger charge is -2.03. The van der Waals surface area contributed by atoms with E-state index < -0.39 is 0 Å². The second-order valence-corrected chi connectivity index (χ2v) is 4.44. The molecule has 1 aromatic heterocycles. The monoisotopic (exact) mass is 278 g/mol. The molecule has 0 aliphatic rings. The minimum Gasteiger partial charge on any atom is -0.331 e. The lowest BCUT2D eigenvalue weighted by Crippen LogP contribution is -2.08. The van der Waals surface area contributed by atoms with Gasteiger partial charge in [0.15, 0.2) is 5.78 Å². The Morgan fingerprint density at radius 1 is 1.44 bits per heavy atom. The lowest BCUT2D eigenvalue weighted by molar-refractivity contribution is 0.0985. The van der Waals surface area contributed by atoms with Gasteiger partial charge in [-0.1, -0.05) is 34.1 Å². The van der Waals surface area contributed by atoms with Crippen LogP contribution < -0.4 is 0 Å². The van der Waals surface area contributed by atoms with Crippen molar-refractivity contribution in [2.75, 3.05) is 0 Å². The minimum atomic E-state index is 0.0758. The molecule has 0 fully saturated rings. The van der Waals surface area contributed by atoms with E-state index in [4.69, 9.17) is 0 Å². The highest BCUT2D eigenvalue weighted by molar-refractivity contribution is 9.10. The van der Waals surface area contributed by atoms with Gasteiger partial charge in [-0.15, -0.1) is 0 Å². The Hall–Kier alpha value is -1.42. The molecule has 2 rings (SSSR count). The largest absolute Gasteiger partial charge is 0.331 e. The summed E-state index contributed by atoms with van der Waals surface area (Å²) in [5.41, 5.74) is 1.63. The molecular weight excluding hydrogens is 268 g/mol. The maximum absolute atomic E-state index is 12.0. The molecule has 0 bridgehead atoms. The van der Waals surface area contributed by atoms with E-state index in [9.17, 15) is 4.79 Å². The van der Waals surface area contributed by atoms with Crippen LogP contribution in [0.25, 0.3) is 0 Å². The molecule has 16 heavy (non-hydrogen) atoms. The third-order valence-corrected chi connectivity index (χ3v) is 3.18. The molecule has 0 amide bonds. The number of aryl methyl sites for hydroxylation is 1. The van der Waals surface area contributed by atoms with E-state index in [1.165, 1.54) is 0 Å². The summed E-state index contributed by atoms with van der Waals surface area (Å²) < 4.78 is 2.70. The zero-order valence-corrected chi connectivity index (χ0v) is 10.4. The molecule has 0 saturated carbocycles. The zero-order chi connectivity index (χ0) is 11.5. The summed E-state index contributed by atoms with van der Waals surface area (Å²) in [6.07, 6.45) is 3.62. The number of carbonyl (C=O) groups is 1. The number of rotatable bonds is 3. The number of imidazole rings is 1. The van der Waals surface area contributed by atoms with Crippen molar-refractivity contribution in [2.24, 2.45) is 7.05 Å². The van der Waals surface area contributed by atoms with Crippen molar-refractivity contribution < 1.29 is 4.79 Å². The number of carbonyl (C=O) groups excluding carboxylic acids is 1. The first kappa shape index (κ1) is 11.1. The Morgan fingerprint density at radius 2 is 2.19 bits per heavy atom. The van der Waals surface area contributed by atoms with Crippen molar-refractivity contribution >= 4 is 21.7 Å². The summed E-state index contributed by atoms with van der Waals surface area (Å²) in [5, 5.41) is 0. The molecule has 4 heteroatoms. The molecule has 0 spiro atoms. The lowest BCUT2D eigenvalue weighted by atomic mass is 10.1. The quantitative estimate of drug-likeness (QED) is 0.809. The van der Waals surface area contributed by atoms with Gasteiger partial charge >= 0.3 is 0 Å². The van der Waals surface area contributed by atoms with Crippen LogP contribution >= 0.6 is 15.9 Å². The van der Waals surface area contributed by atoms with Crippen molar-refractivity contribution in [3.63, 3.8) is 0 Å². The molecule has 0 N–H and O–H groups in total. The fraction of sp³-hybridized carbons (Fsp3) is 0.167. The van der Waals surface area contributed by atoms with Crippen LogP contribution in [0.15, 0.2) is 41.3 Å². The Kier molecular flexibility index (Phi) is 3.19. The molecule has 0 unspecified atom stereocenters. The van der Waals surface area contributed by atoms with Crippen LogP contribution in [0.1, 0.15) is 16.1 Å². The van der Waals surface area contributed by atoms with Gasteiger partial charge in [-0.05, 0) is 11.6 Å². The van der Waals surface area contributed by atoms with Gasteiger partial charge in [0.25, 0.3) is 0 Å². The van der Waals surface area contributed by atoms with Crippen LogP contribution in [-0.2, 0) is 13.5 Å². The molecule has 1 heterocycles. The van der Waals surface area contributed by atoms with Gasteiger partial charge in [0.05, 0.1) is 12.5 Å². The van der Waals surface area contributed by atoms with E-state index in [0.29, 0.717) is 12.1 Å². The standard InChI is InChI=1S/C12H11BrN2O/c1-15-8-14-7-11(15)12(16)6-9-4-2-3-5-10(9)13/h2-5,7-8H,6H2,1H3. The van der Waals surface area contributed by atoms with Gasteiger partial charge in [-0.3, -0.25) is 4.79 Å². The van der Waals surface area contributed by atoms with Crippen LogP contribution in [0.3, 0.4) is 0 Å². The molecule has 82 valence electrons. The average molecular weight is 279 g/mol. The number of benzene rings is 1. The first-order valence-electron chi connectivity index (χ1n) is 4.91. The summed E-state index contributed by atoms with van der Waals surface area (Å²) >= 11 is 3.43. The summed E-state index contributed by atoms with van der Waals surface area (Å²) in [4.78, 5) is 15.9. The number of hydrogen-bond acceptors (Lipinski definition) is 2. The van der Waals surface area contributed by atoms with Gasteiger partial charge < -0.3 is 4.57 Å². The van der Waals surface area contributed by atoms with Gasteiger partial charge in [0, 0.05) is 17.9 Å². The van der Waals surface area contributed by atoms with E-state index >= 15 is 0 Å². The summed E-state index contributed by atoms with van der Waals surface area (Å²) in [5.74, 6) is 0.0758. The van der Waals surface area contributed by atoms with Gasteiger partial charge in [-0.25, -0.2) is 4.98 Å². The third kappa shape index (κ3) is 2.22. The molecule has 0 saturated heterocycles. The normalized spacial score (nSPS) is 10.4. The predicted molar refractivity (Wildman–Crippen MR) is 65.4 cm³/mol. The topological polar surface area (TPSA) is 34.9 Å². The van der Waals surface area contributed by atoms with E-state index in [2.05, 4.69) is 20.9 Å². The van der Waals surface area contributed by atoms with Crippen molar-refractivity contribution in [3.8, 4) is 0 Å². The van der Waals surface area contributed by atoms with Crippen LogP contribution in [0.4, 0.5) is 0 Å². The molecule has 0 aliphatic carbocycles. The van der Waals surface area contributed by atoms with Gasteiger partial charge in [0.2, 0.25) is 0 Å². The number of nitrogens with zero attached hydrogens (tertiary/aromatic N) is 2. The molecule has 0 radical (unpaired) electrons. The summed E-state index contributed by atoms with van der Waals surface area (Å²) in [6.45, 7) is 0. The molecule has 0 aliphatic heterocycles. The molecule has 0 atom stereocenters. The van der Waals surface area contributed by atoms with Gasteiger partial charge in [-0.2, -0.15) is 0 Å². The molecule has 3 nitrogen and oxygen atoms in total. The Labute approximate surface area is 102 Å². The second kappa shape index (κ2) is 4.61. The highest BCUT2D eigenvalue weighted by atomic mass is 79.9. The van der Waals surface area contributed by atoms with Crippen molar-refractivity contribution in [1.82, 2.24) is 9.55 Å². The number of Topliss-reactive ketones (excluding diaryl/α,β-unsaturated/α-hetero) is 1. The summed E-state index contributed by atoms with van der Waals surface area (Å²) in [6, 6.07) is 7.74. The SMILES string of the molecule is Cn1cncc1C(=O)Cc1ccccc1Br. The Morgan fingerprint density at radius 3 is 2.81 bits per heavy atom. The highest BCUT2D eigenvalue weighted by Crippen LogP contribution is 2.17. The van der Waals surface area contributed by atoms with Crippen LogP contribution in [-0.4, -0.2) is 15.3 Å². The van der Waals surface area contributed by atoms with Crippen molar-refractivity contribution in [2.45, 2.75) is 6.42 Å². The first-order chi connectivity index (χ1) is 7.68. The van der Waals surface area contributed by atoms with E-state index in [-0.39, 0.29) is 5.78 Å². The first-order valence-corrected chi connectivity index (χ1v) is 5.70. The fourth-order valence-corrected chi connectivity index (χ4v) is 1.96. The zero-order valence-electron chi connectivity index (χ0n) is 8.85. The van der Waals surface area contributed by atoms with E-state index in [0.717, 1.165) is 10.0 Å². The Bertz CT molecular complexity index is 519. The van der Waals surface area contributed by atoms with Gasteiger partial charge in [0.1, 0.15) is 5.69 Å². The Balaban J connectivity index is 2.21. The second-order valence-electron chi connectivity index (χ2n) is 3.58. The molecule has 1 aromatic carbocycles. The van der Waals surface area contributed by atoms with Crippen molar-refractivity contribution in [3.05, 3.63) is 52.5 Å². The number of halogens is 1. The van der Waals surface area contributed by atoms with E-state index in [1.54, 1.807) is 17.1 Å². The minimum absolute atomic E-state index is 0.0758. The average Bonchev–Trinajstić information content (AvgIpc) is 2.68. The summed E-state index contributed by atoms with van der Waals surface area (Å²) in [7, 11) is 1.82. The molecule has 2 aromatic rings. The van der Waals surface area contributed by atoms with Crippen LogP contribution in [0, 0.1) is 0 Å². The number of ketones is 1. The third-order valence-electron chi connectivity index (χ3n) is 2.41. The van der Waals surface area contributed by atoms with Crippen LogP contribution in [0.2, 0.25) is 0 Å². The van der Waals surface area contributed by atoms with Crippen LogP contribution in [0.5, 0.6) is 0 Å². The molecular formula is C12H11BrN2O. The fourth-order valence-electron chi connectivity index (χ4n) is 1.53. The maximum Gasteiger partial charge on any atom is 0.185 e. The predicted octanol–water partition coefficient (Wildman–Crippen LogP) is 2.61. The number of aromatic nitrogens is 2. The van der Waals surface area contributed by atoms with E-state index in [1.807, 2.05) is 31.3 Å². The maximum atomic E-state index is 12.0.